The Balaban J connectivity index is 2.57. The Bertz CT molecular complexity index is 333. The number of benzene rings is 1. The van der Waals surface area contributed by atoms with Crippen LogP contribution in [0.25, 0.3) is 0 Å². The first-order chi connectivity index (χ1) is 7.15. The molecule has 0 amide bonds. The molecule has 0 radical (unpaired) electrons. The van der Waals surface area contributed by atoms with Crippen molar-refractivity contribution in [2.75, 3.05) is 23.9 Å². The maximum Gasteiger partial charge on any atom is 0.147 e. The molecule has 0 unspecified atom stereocenters. The number of thioether (sulfide) groups is 1. The third kappa shape index (κ3) is 3.99. The average Bonchev–Trinajstić information content (AvgIpc) is 2.20. The molecule has 0 bridgehead atoms. The molecular weight excluding hydrogens is 284 g/mol. The fourth-order valence-corrected chi connectivity index (χ4v) is 1.85. The van der Waals surface area contributed by atoms with E-state index in [1.807, 2.05) is 6.26 Å². The van der Waals surface area contributed by atoms with Gasteiger partial charge in [-0.15, -0.1) is 0 Å². The standard InChI is InChI=1S/C10H12BrF2NS/c1-15-4-2-3-14-10-6-8(12)7(11)5-9(10)13/h5-6,14H,2-4H2,1H3. The minimum Gasteiger partial charge on any atom is -0.383 e. The molecule has 0 fully saturated rings. The maximum absolute atomic E-state index is 13.3. The van der Waals surface area contributed by atoms with Crippen LogP contribution in [0.1, 0.15) is 6.42 Å². The number of nitrogens with one attached hydrogen (secondary N) is 1. The van der Waals surface area contributed by atoms with Crippen LogP contribution in [-0.4, -0.2) is 18.6 Å². The minimum atomic E-state index is -0.455. The Kier molecular flexibility index (Phi) is 5.39. The number of rotatable bonds is 5. The molecule has 15 heavy (non-hydrogen) atoms. The quantitative estimate of drug-likeness (QED) is 0.653. The summed E-state index contributed by atoms with van der Waals surface area (Å²) in [6.07, 6.45) is 2.94. The Labute approximate surface area is 101 Å². The van der Waals surface area contributed by atoms with Gasteiger partial charge in [0.15, 0.2) is 0 Å². The first-order valence-electron chi connectivity index (χ1n) is 4.52. The third-order valence-corrected chi connectivity index (χ3v) is 3.16. The zero-order chi connectivity index (χ0) is 11.3. The molecule has 0 aliphatic carbocycles. The van der Waals surface area contributed by atoms with Crippen molar-refractivity contribution < 1.29 is 8.78 Å². The molecule has 84 valence electrons. The fourth-order valence-electron chi connectivity index (χ4n) is 1.10. The van der Waals surface area contributed by atoms with Gasteiger partial charge in [0.25, 0.3) is 0 Å². The van der Waals surface area contributed by atoms with Gasteiger partial charge < -0.3 is 5.32 Å². The second kappa shape index (κ2) is 6.33. The summed E-state index contributed by atoms with van der Waals surface area (Å²) in [7, 11) is 0. The van der Waals surface area contributed by atoms with Gasteiger partial charge in [0.05, 0.1) is 10.2 Å². The summed E-state index contributed by atoms with van der Waals surface area (Å²) in [6.45, 7) is 0.652. The van der Waals surface area contributed by atoms with Gasteiger partial charge in [-0.3, -0.25) is 0 Å². The first kappa shape index (κ1) is 12.8. The molecule has 1 nitrogen and oxygen atoms in total. The molecule has 0 saturated heterocycles. The lowest BCUT2D eigenvalue weighted by molar-refractivity contribution is 0.596. The number of hydrogen-bond acceptors (Lipinski definition) is 2. The smallest absolute Gasteiger partial charge is 0.147 e. The van der Waals surface area contributed by atoms with Crippen LogP contribution >= 0.6 is 27.7 Å². The van der Waals surface area contributed by atoms with Crippen molar-refractivity contribution in [2.45, 2.75) is 6.42 Å². The molecule has 1 N–H and O–H groups in total. The Hall–Kier alpha value is -0.290. The van der Waals surface area contributed by atoms with Crippen molar-refractivity contribution in [2.24, 2.45) is 0 Å². The molecule has 5 heteroatoms. The van der Waals surface area contributed by atoms with Gasteiger partial charge in [-0.2, -0.15) is 11.8 Å². The van der Waals surface area contributed by atoms with Crippen LogP contribution in [0.15, 0.2) is 16.6 Å². The monoisotopic (exact) mass is 295 g/mol. The molecule has 0 spiro atoms. The number of halogens is 3. The largest absolute Gasteiger partial charge is 0.383 e. The van der Waals surface area contributed by atoms with Gasteiger partial charge in [0.1, 0.15) is 11.6 Å². The highest BCUT2D eigenvalue weighted by Gasteiger charge is 2.07. The number of hydrogen-bond donors (Lipinski definition) is 1. The van der Waals surface area contributed by atoms with Crippen LogP contribution in [0, 0.1) is 11.6 Å². The molecule has 0 saturated carbocycles. The zero-order valence-corrected chi connectivity index (χ0v) is 10.7. The van der Waals surface area contributed by atoms with E-state index in [4.69, 9.17) is 0 Å². The summed E-state index contributed by atoms with van der Waals surface area (Å²) in [6, 6.07) is 2.30. The highest BCUT2D eigenvalue weighted by Crippen LogP contribution is 2.23. The van der Waals surface area contributed by atoms with Crippen LogP contribution in [-0.2, 0) is 0 Å². The molecule has 0 aliphatic rings. The lowest BCUT2D eigenvalue weighted by atomic mass is 10.3. The van der Waals surface area contributed by atoms with E-state index in [0.29, 0.717) is 6.54 Å². The fraction of sp³-hybridized carbons (Fsp3) is 0.400. The van der Waals surface area contributed by atoms with Crippen molar-refractivity contribution in [1.82, 2.24) is 0 Å². The van der Waals surface area contributed by atoms with Crippen molar-refractivity contribution >= 4 is 33.4 Å². The average molecular weight is 296 g/mol. The summed E-state index contributed by atoms with van der Waals surface area (Å²) in [4.78, 5) is 0. The molecule has 1 rings (SSSR count). The summed E-state index contributed by atoms with van der Waals surface area (Å²) in [5.41, 5.74) is 0.219. The lowest BCUT2D eigenvalue weighted by Gasteiger charge is -2.07. The molecule has 1 aromatic carbocycles. The Morgan fingerprint density at radius 1 is 1.33 bits per heavy atom. The van der Waals surface area contributed by atoms with E-state index in [2.05, 4.69) is 21.2 Å². The van der Waals surface area contributed by atoms with E-state index >= 15 is 0 Å². The maximum atomic E-state index is 13.3. The van der Waals surface area contributed by atoms with E-state index in [-0.39, 0.29) is 10.2 Å². The molecule has 0 atom stereocenters. The Morgan fingerprint density at radius 2 is 2.07 bits per heavy atom. The van der Waals surface area contributed by atoms with Crippen LogP contribution in [0.5, 0.6) is 0 Å². The van der Waals surface area contributed by atoms with Gasteiger partial charge in [-0.1, -0.05) is 0 Å². The SMILES string of the molecule is CSCCCNc1cc(F)c(Br)cc1F. The summed E-state index contributed by atoms with van der Waals surface area (Å²) in [5.74, 6) is 0.115. The molecule has 1 aromatic rings. The lowest BCUT2D eigenvalue weighted by Crippen LogP contribution is -2.04. The van der Waals surface area contributed by atoms with E-state index in [9.17, 15) is 8.78 Å². The molecular formula is C10H12BrF2NS. The highest BCUT2D eigenvalue weighted by molar-refractivity contribution is 9.10. The molecule has 0 aliphatic heterocycles. The van der Waals surface area contributed by atoms with Gasteiger partial charge in [0.2, 0.25) is 0 Å². The van der Waals surface area contributed by atoms with Crippen molar-refractivity contribution in [3.63, 3.8) is 0 Å². The second-order valence-corrected chi connectivity index (χ2v) is 4.86. The minimum absolute atomic E-state index is 0.148. The topological polar surface area (TPSA) is 12.0 Å². The van der Waals surface area contributed by atoms with Crippen molar-refractivity contribution in [3.8, 4) is 0 Å². The molecule has 0 aromatic heterocycles. The van der Waals surface area contributed by atoms with Crippen molar-refractivity contribution in [1.29, 1.82) is 0 Å². The zero-order valence-electron chi connectivity index (χ0n) is 8.32. The predicted octanol–water partition coefficient (Wildman–Crippen LogP) is 3.89. The van der Waals surface area contributed by atoms with Gasteiger partial charge in [-0.05, 0) is 40.4 Å². The predicted molar refractivity (Wildman–Crippen MR) is 65.5 cm³/mol. The van der Waals surface area contributed by atoms with Crippen LogP contribution in [0.3, 0.4) is 0 Å². The number of anilines is 1. The van der Waals surface area contributed by atoms with E-state index in [0.717, 1.165) is 18.2 Å². The second-order valence-electron chi connectivity index (χ2n) is 3.02. The summed E-state index contributed by atoms with van der Waals surface area (Å²) in [5, 5.41) is 2.87. The van der Waals surface area contributed by atoms with E-state index in [1.165, 1.54) is 6.07 Å². The Morgan fingerprint density at radius 3 is 2.73 bits per heavy atom. The van der Waals surface area contributed by atoms with E-state index < -0.39 is 11.6 Å². The summed E-state index contributed by atoms with van der Waals surface area (Å²) < 4.78 is 26.5. The van der Waals surface area contributed by atoms with Crippen molar-refractivity contribution in [3.05, 3.63) is 28.2 Å². The van der Waals surface area contributed by atoms with E-state index in [1.54, 1.807) is 11.8 Å². The van der Waals surface area contributed by atoms with Crippen LogP contribution in [0.4, 0.5) is 14.5 Å². The van der Waals surface area contributed by atoms with Gasteiger partial charge in [-0.25, -0.2) is 8.78 Å². The highest BCUT2D eigenvalue weighted by atomic mass is 79.9. The van der Waals surface area contributed by atoms with Gasteiger partial charge >= 0.3 is 0 Å². The third-order valence-electron chi connectivity index (χ3n) is 1.85. The molecule has 0 heterocycles. The van der Waals surface area contributed by atoms with Crippen LogP contribution in [0.2, 0.25) is 0 Å². The summed E-state index contributed by atoms with van der Waals surface area (Å²) >= 11 is 4.66. The normalized spacial score (nSPS) is 10.4. The van der Waals surface area contributed by atoms with Crippen LogP contribution < -0.4 is 5.32 Å². The first-order valence-corrected chi connectivity index (χ1v) is 6.71. The van der Waals surface area contributed by atoms with Gasteiger partial charge in [0, 0.05) is 12.6 Å².